The molecule has 0 saturated carbocycles. The minimum absolute atomic E-state index is 0.156. The van der Waals surface area contributed by atoms with E-state index in [9.17, 15) is 18.0 Å². The molecule has 0 aliphatic carbocycles. The number of carbonyl (C=O) groups is 1. The largest absolute Gasteiger partial charge is 0.481 e. The maximum absolute atomic E-state index is 13.6. The Bertz CT molecular complexity index is 1410. The van der Waals surface area contributed by atoms with Gasteiger partial charge in [0.25, 0.3) is 0 Å². The first-order chi connectivity index (χ1) is 18.9. The fourth-order valence-electron chi connectivity index (χ4n) is 5.41. The number of alkyl halides is 3. The first-order valence-corrected chi connectivity index (χ1v) is 13.0. The van der Waals surface area contributed by atoms with Crippen molar-refractivity contribution in [3.05, 3.63) is 78.0 Å². The van der Waals surface area contributed by atoms with Crippen molar-refractivity contribution in [2.45, 2.75) is 57.0 Å². The van der Waals surface area contributed by atoms with Crippen LogP contribution in [0.2, 0.25) is 0 Å². The highest BCUT2D eigenvalue weighted by molar-refractivity contribution is 5.75. The molecule has 1 saturated heterocycles. The average molecular weight is 557 g/mol. The predicted octanol–water partition coefficient (Wildman–Crippen LogP) is 6.22. The Hall–Kier alpha value is -3.86. The number of amides is 1. The Labute approximate surface area is 230 Å². The van der Waals surface area contributed by atoms with Gasteiger partial charge in [0.1, 0.15) is 11.2 Å². The predicted molar refractivity (Wildman–Crippen MR) is 141 cm³/mol. The number of imidazole rings is 1. The summed E-state index contributed by atoms with van der Waals surface area (Å²) in [6.45, 7) is 6.11. The first kappa shape index (κ1) is 27.7. The molecule has 2 aliphatic heterocycles. The van der Waals surface area contributed by atoms with Gasteiger partial charge in [0, 0.05) is 24.5 Å². The molecule has 1 amide bonds. The second-order valence-corrected chi connectivity index (χ2v) is 10.9. The van der Waals surface area contributed by atoms with Crippen molar-refractivity contribution in [1.82, 2.24) is 19.4 Å². The van der Waals surface area contributed by atoms with Gasteiger partial charge in [-0.25, -0.2) is 14.8 Å². The number of pyridine rings is 1. The van der Waals surface area contributed by atoms with Crippen molar-refractivity contribution in [3.8, 4) is 11.6 Å². The van der Waals surface area contributed by atoms with E-state index in [1.165, 1.54) is 19.5 Å². The summed E-state index contributed by atoms with van der Waals surface area (Å²) < 4.78 is 59.4. The molecule has 8 nitrogen and oxygen atoms in total. The van der Waals surface area contributed by atoms with E-state index in [-0.39, 0.29) is 18.2 Å². The van der Waals surface area contributed by atoms with Gasteiger partial charge >= 0.3 is 12.3 Å². The summed E-state index contributed by atoms with van der Waals surface area (Å²) in [6, 6.07) is 10.7. The molecule has 212 valence electrons. The van der Waals surface area contributed by atoms with Gasteiger partial charge in [-0.05, 0) is 56.9 Å². The average Bonchev–Trinajstić information content (AvgIpc) is 3.56. The van der Waals surface area contributed by atoms with Crippen LogP contribution in [0.3, 0.4) is 0 Å². The number of benzene rings is 1. The zero-order valence-electron chi connectivity index (χ0n) is 22.7. The minimum Gasteiger partial charge on any atom is -0.481 e. The molecule has 40 heavy (non-hydrogen) atoms. The third-order valence-electron chi connectivity index (χ3n) is 6.95. The molecule has 0 unspecified atom stereocenters. The Balaban J connectivity index is 1.59. The van der Waals surface area contributed by atoms with Crippen LogP contribution in [0.1, 0.15) is 56.6 Å². The smallest absolute Gasteiger partial charge is 0.450 e. The molecule has 0 radical (unpaired) electrons. The number of piperidine rings is 1. The normalized spacial score (nSPS) is 21.4. The highest BCUT2D eigenvalue weighted by Gasteiger charge is 2.50. The molecular formula is C29H31F3N4O4. The van der Waals surface area contributed by atoms with E-state index in [1.807, 2.05) is 57.2 Å². The number of hydrogen-bond acceptors (Lipinski definition) is 6. The lowest BCUT2D eigenvalue weighted by Crippen LogP contribution is -2.53. The van der Waals surface area contributed by atoms with Crippen molar-refractivity contribution >= 4 is 11.7 Å². The maximum atomic E-state index is 13.6. The number of rotatable bonds is 4. The Morgan fingerprint density at radius 2 is 1.90 bits per heavy atom. The number of ether oxygens (including phenoxy) is 3. The summed E-state index contributed by atoms with van der Waals surface area (Å²) in [4.78, 5) is 22.9. The number of aromatic nitrogens is 3. The van der Waals surface area contributed by atoms with E-state index in [0.717, 1.165) is 16.3 Å². The van der Waals surface area contributed by atoms with Crippen LogP contribution in [0.15, 0.2) is 61.1 Å². The molecular weight excluding hydrogens is 525 g/mol. The highest BCUT2D eigenvalue weighted by Crippen LogP contribution is 2.49. The van der Waals surface area contributed by atoms with Crippen molar-refractivity contribution < 1.29 is 32.2 Å². The molecule has 1 aromatic carbocycles. The molecule has 3 aromatic rings. The van der Waals surface area contributed by atoms with Crippen LogP contribution >= 0.6 is 0 Å². The fraction of sp³-hybridized carbons (Fsp3) is 0.414. The van der Waals surface area contributed by atoms with Gasteiger partial charge in [0.05, 0.1) is 31.6 Å². The quantitative estimate of drug-likeness (QED) is 0.380. The zero-order valence-corrected chi connectivity index (χ0v) is 22.7. The molecule has 4 heterocycles. The van der Waals surface area contributed by atoms with Crippen molar-refractivity contribution in [2.75, 3.05) is 20.3 Å². The fourth-order valence-corrected chi connectivity index (χ4v) is 5.41. The van der Waals surface area contributed by atoms with Crippen LogP contribution in [0.4, 0.5) is 18.0 Å². The maximum Gasteiger partial charge on any atom is 0.450 e. The van der Waals surface area contributed by atoms with E-state index < -0.39 is 35.3 Å². The molecule has 2 aromatic heterocycles. The number of methoxy groups -OCH3 is 1. The third kappa shape index (κ3) is 5.30. The SMILES string of the molecule is COc1ncc(-n2ccnc2C(F)(F)F)cc1C1=C[C@@]2(CCCN(C(=O)OC(C)(C)C)[C@H]2c2ccccc2)OC1. The molecule has 0 bridgehead atoms. The third-order valence-corrected chi connectivity index (χ3v) is 6.95. The second-order valence-electron chi connectivity index (χ2n) is 10.9. The summed E-state index contributed by atoms with van der Waals surface area (Å²) in [5.74, 6) is -0.802. The van der Waals surface area contributed by atoms with E-state index in [1.54, 1.807) is 11.0 Å². The molecule has 5 rings (SSSR count). The number of halogens is 3. The molecule has 11 heteroatoms. The van der Waals surface area contributed by atoms with Crippen LogP contribution in [-0.4, -0.2) is 57.0 Å². The van der Waals surface area contributed by atoms with Crippen molar-refractivity contribution in [1.29, 1.82) is 0 Å². The minimum atomic E-state index is -4.64. The van der Waals surface area contributed by atoms with Crippen molar-refractivity contribution in [3.63, 3.8) is 0 Å². The number of hydrogen-bond donors (Lipinski definition) is 0. The van der Waals surface area contributed by atoms with Gasteiger partial charge in [-0.2, -0.15) is 13.2 Å². The van der Waals surface area contributed by atoms with Gasteiger partial charge in [-0.15, -0.1) is 0 Å². The first-order valence-electron chi connectivity index (χ1n) is 13.0. The molecule has 1 fully saturated rings. The molecule has 0 N–H and O–H groups in total. The Morgan fingerprint density at radius 1 is 1.15 bits per heavy atom. The van der Waals surface area contributed by atoms with Crippen LogP contribution in [0.25, 0.3) is 11.3 Å². The van der Waals surface area contributed by atoms with Crippen LogP contribution in [-0.2, 0) is 15.7 Å². The van der Waals surface area contributed by atoms with Gasteiger partial charge in [0.2, 0.25) is 11.7 Å². The highest BCUT2D eigenvalue weighted by atomic mass is 19.4. The van der Waals surface area contributed by atoms with Crippen LogP contribution in [0.5, 0.6) is 5.88 Å². The summed E-state index contributed by atoms with van der Waals surface area (Å²) >= 11 is 0. The van der Waals surface area contributed by atoms with Crippen LogP contribution < -0.4 is 4.74 Å². The second kappa shape index (κ2) is 10.3. The number of likely N-dealkylation sites (tertiary alicyclic amines) is 1. The molecule has 2 atom stereocenters. The topological polar surface area (TPSA) is 78.7 Å². The van der Waals surface area contributed by atoms with Gasteiger partial charge in [-0.3, -0.25) is 9.47 Å². The van der Waals surface area contributed by atoms with Gasteiger partial charge in [0.15, 0.2) is 0 Å². The standard InChI is InChI=1S/C29H31F3N4O4/c1-27(2,3)40-26(37)36-13-8-11-28(23(36)19-9-6-5-7-10-19)16-20(18-39-28)22-15-21(17-34-24(22)38-4)35-14-12-33-25(35)29(30,31)32/h5-7,9-10,12,14-17,23H,8,11,13,18H2,1-4H3/t23-,28+/m0/s1. The number of carbonyl (C=O) groups excluding carboxylic acids is 1. The van der Waals surface area contributed by atoms with Gasteiger partial charge in [-0.1, -0.05) is 30.3 Å². The lowest BCUT2D eigenvalue weighted by Gasteiger charge is -2.47. The number of nitrogens with zero attached hydrogens (tertiary/aromatic N) is 4. The molecule has 2 aliphatic rings. The monoisotopic (exact) mass is 556 g/mol. The van der Waals surface area contributed by atoms with E-state index in [2.05, 4.69) is 9.97 Å². The lowest BCUT2D eigenvalue weighted by atomic mass is 9.80. The van der Waals surface area contributed by atoms with Crippen molar-refractivity contribution in [2.24, 2.45) is 0 Å². The van der Waals surface area contributed by atoms with E-state index >= 15 is 0 Å². The Morgan fingerprint density at radius 3 is 2.58 bits per heavy atom. The summed E-state index contributed by atoms with van der Waals surface area (Å²) in [6.07, 6.45) is 1.83. The van der Waals surface area contributed by atoms with Gasteiger partial charge < -0.3 is 14.2 Å². The van der Waals surface area contributed by atoms with Crippen LogP contribution in [0, 0.1) is 0 Å². The Kier molecular flexibility index (Phi) is 7.11. The molecule has 1 spiro atoms. The summed E-state index contributed by atoms with van der Waals surface area (Å²) in [7, 11) is 1.45. The summed E-state index contributed by atoms with van der Waals surface area (Å²) in [5, 5.41) is 0. The van der Waals surface area contributed by atoms with E-state index in [0.29, 0.717) is 30.5 Å². The lowest BCUT2D eigenvalue weighted by molar-refractivity contribution is -0.145. The zero-order chi connectivity index (χ0) is 28.7. The van der Waals surface area contributed by atoms with E-state index in [4.69, 9.17) is 14.2 Å². The summed E-state index contributed by atoms with van der Waals surface area (Å²) in [5.41, 5.74) is 0.701.